The number of alkyl halides is 4. The lowest BCUT2D eigenvalue weighted by Gasteiger charge is -2.32. The predicted molar refractivity (Wildman–Crippen MR) is 72.0 cm³/mol. The van der Waals surface area contributed by atoms with Gasteiger partial charge in [0.2, 0.25) is 0 Å². The lowest BCUT2D eigenvalue weighted by molar-refractivity contribution is -0.140. The largest absolute Gasteiger partial charge is 0.419 e. The van der Waals surface area contributed by atoms with Crippen molar-refractivity contribution in [3.8, 4) is 0 Å². The molecule has 0 aliphatic heterocycles. The van der Waals surface area contributed by atoms with Gasteiger partial charge in [0.05, 0.1) is 10.9 Å². The maximum absolute atomic E-state index is 13.6. The lowest BCUT2D eigenvalue weighted by atomic mass is 9.75. The zero-order valence-corrected chi connectivity index (χ0v) is 11.9. The normalized spacial score (nSPS) is 22.6. The van der Waals surface area contributed by atoms with Gasteiger partial charge >= 0.3 is 6.18 Å². The van der Waals surface area contributed by atoms with Crippen molar-refractivity contribution < 1.29 is 17.6 Å². The molecule has 0 bridgehead atoms. The minimum Gasteiger partial charge on any atom is -0.206 e. The predicted octanol–water partition coefficient (Wildman–Crippen LogP) is 5.66. The fourth-order valence-corrected chi connectivity index (χ4v) is 3.16. The molecule has 1 aromatic carbocycles. The first kappa shape index (κ1) is 15.4. The van der Waals surface area contributed by atoms with E-state index in [0.717, 1.165) is 24.1 Å². The Labute approximate surface area is 120 Å². The van der Waals surface area contributed by atoms with E-state index in [9.17, 15) is 17.6 Å². The standard InChI is InChI=1S/C15H15ClF4/c1-14(2)7-10(5-11(16)8-14)9-3-4-12(13(17)6-9)15(18,19)20/h3-6,11H,7-8H2,1-2H3. The molecule has 0 nitrogen and oxygen atoms in total. The summed E-state index contributed by atoms with van der Waals surface area (Å²) in [5.41, 5.74) is -0.0162. The summed E-state index contributed by atoms with van der Waals surface area (Å²) in [6, 6.07) is 3.04. The van der Waals surface area contributed by atoms with Gasteiger partial charge in [-0.15, -0.1) is 11.6 Å². The number of rotatable bonds is 1. The van der Waals surface area contributed by atoms with Crippen LogP contribution in [0.2, 0.25) is 0 Å². The number of benzene rings is 1. The van der Waals surface area contributed by atoms with Gasteiger partial charge in [0.25, 0.3) is 0 Å². The third-order valence-electron chi connectivity index (χ3n) is 3.44. The first-order valence-corrected chi connectivity index (χ1v) is 6.74. The highest BCUT2D eigenvalue weighted by molar-refractivity contribution is 6.22. The number of hydrogen-bond acceptors (Lipinski definition) is 0. The summed E-state index contributed by atoms with van der Waals surface area (Å²) >= 11 is 6.14. The van der Waals surface area contributed by atoms with E-state index in [4.69, 9.17) is 11.6 Å². The molecule has 0 saturated heterocycles. The van der Waals surface area contributed by atoms with Crippen molar-refractivity contribution in [1.29, 1.82) is 0 Å². The summed E-state index contributed by atoms with van der Waals surface area (Å²) in [6.45, 7) is 4.08. The van der Waals surface area contributed by atoms with E-state index in [1.807, 2.05) is 13.8 Å². The Kier molecular flexibility index (Phi) is 3.89. The second-order valence-electron chi connectivity index (χ2n) is 5.95. The topological polar surface area (TPSA) is 0 Å². The second kappa shape index (κ2) is 5.06. The van der Waals surface area contributed by atoms with Crippen LogP contribution in [0.1, 0.15) is 37.8 Å². The molecule has 0 amide bonds. The third-order valence-corrected chi connectivity index (χ3v) is 3.72. The summed E-state index contributed by atoms with van der Waals surface area (Å²) in [6.07, 6.45) is -1.41. The maximum Gasteiger partial charge on any atom is 0.419 e. The van der Waals surface area contributed by atoms with Crippen molar-refractivity contribution in [3.05, 3.63) is 41.2 Å². The smallest absolute Gasteiger partial charge is 0.206 e. The van der Waals surface area contributed by atoms with E-state index in [-0.39, 0.29) is 10.8 Å². The van der Waals surface area contributed by atoms with Crippen LogP contribution >= 0.6 is 11.6 Å². The maximum atomic E-state index is 13.6. The molecule has 0 heterocycles. The van der Waals surface area contributed by atoms with Gasteiger partial charge in [-0.1, -0.05) is 26.0 Å². The van der Waals surface area contributed by atoms with Crippen molar-refractivity contribution in [1.82, 2.24) is 0 Å². The number of halogens is 5. The van der Waals surface area contributed by atoms with E-state index < -0.39 is 17.6 Å². The molecule has 1 aliphatic rings. The van der Waals surface area contributed by atoms with Crippen molar-refractivity contribution >= 4 is 17.2 Å². The van der Waals surface area contributed by atoms with Gasteiger partial charge < -0.3 is 0 Å². The molecule has 1 aliphatic carbocycles. The zero-order valence-electron chi connectivity index (χ0n) is 11.2. The molecule has 5 heteroatoms. The molecule has 1 atom stereocenters. The van der Waals surface area contributed by atoms with Crippen LogP contribution in [0.5, 0.6) is 0 Å². The zero-order chi connectivity index (χ0) is 15.1. The molecule has 110 valence electrons. The molecule has 20 heavy (non-hydrogen) atoms. The summed E-state index contributed by atoms with van der Waals surface area (Å²) in [5, 5.41) is -0.181. The summed E-state index contributed by atoms with van der Waals surface area (Å²) in [7, 11) is 0. The Morgan fingerprint density at radius 2 is 1.90 bits per heavy atom. The van der Waals surface area contributed by atoms with Gasteiger partial charge in [0, 0.05) is 0 Å². The molecule has 0 aromatic heterocycles. The van der Waals surface area contributed by atoms with Crippen molar-refractivity contribution in [2.24, 2.45) is 5.41 Å². The SMILES string of the molecule is CC1(C)CC(c2ccc(C(F)(F)F)c(F)c2)=CC(Cl)C1. The average molecular weight is 307 g/mol. The van der Waals surface area contributed by atoms with Crippen molar-refractivity contribution in [3.63, 3.8) is 0 Å². The van der Waals surface area contributed by atoms with E-state index in [1.54, 1.807) is 6.08 Å². The summed E-state index contributed by atoms with van der Waals surface area (Å²) in [4.78, 5) is 0. The van der Waals surface area contributed by atoms with Crippen LogP contribution in [0.25, 0.3) is 5.57 Å². The monoisotopic (exact) mass is 306 g/mol. The highest BCUT2D eigenvalue weighted by atomic mass is 35.5. The molecular formula is C15H15ClF4. The molecule has 0 fully saturated rings. The van der Waals surface area contributed by atoms with Gasteiger partial charge in [0.1, 0.15) is 5.82 Å². The molecular weight excluding hydrogens is 292 g/mol. The second-order valence-corrected chi connectivity index (χ2v) is 6.51. The van der Waals surface area contributed by atoms with Crippen LogP contribution in [0.4, 0.5) is 17.6 Å². The fourth-order valence-electron chi connectivity index (χ4n) is 2.59. The molecule has 0 radical (unpaired) electrons. The Balaban J connectivity index is 2.38. The summed E-state index contributed by atoms with van der Waals surface area (Å²) in [5.74, 6) is -1.24. The Hall–Kier alpha value is -1.03. The minimum atomic E-state index is -4.67. The van der Waals surface area contributed by atoms with E-state index in [0.29, 0.717) is 12.0 Å². The van der Waals surface area contributed by atoms with Crippen LogP contribution < -0.4 is 0 Å². The average Bonchev–Trinajstić information content (AvgIpc) is 2.24. The van der Waals surface area contributed by atoms with Gasteiger partial charge in [0.15, 0.2) is 0 Å². The Bertz CT molecular complexity index is 543. The van der Waals surface area contributed by atoms with Crippen molar-refractivity contribution in [2.75, 3.05) is 0 Å². The Morgan fingerprint density at radius 3 is 2.40 bits per heavy atom. The molecule has 0 N–H and O–H groups in total. The van der Waals surface area contributed by atoms with Crippen LogP contribution in [0, 0.1) is 11.2 Å². The molecule has 0 saturated carbocycles. The highest BCUT2D eigenvalue weighted by Crippen LogP contribution is 2.42. The van der Waals surface area contributed by atoms with Crippen LogP contribution in [0.3, 0.4) is 0 Å². The van der Waals surface area contributed by atoms with Crippen LogP contribution in [-0.2, 0) is 6.18 Å². The van der Waals surface area contributed by atoms with E-state index in [1.165, 1.54) is 6.07 Å². The quantitative estimate of drug-likeness (QED) is 0.464. The molecule has 2 rings (SSSR count). The van der Waals surface area contributed by atoms with Gasteiger partial charge in [-0.05, 0) is 41.5 Å². The van der Waals surface area contributed by atoms with Crippen molar-refractivity contribution in [2.45, 2.75) is 38.2 Å². The molecule has 1 unspecified atom stereocenters. The minimum absolute atomic E-state index is 0.0460. The van der Waals surface area contributed by atoms with Gasteiger partial charge in [-0.3, -0.25) is 0 Å². The Morgan fingerprint density at radius 1 is 1.25 bits per heavy atom. The molecule has 1 aromatic rings. The third kappa shape index (κ3) is 3.35. The van der Waals surface area contributed by atoms with Gasteiger partial charge in [-0.2, -0.15) is 13.2 Å². The molecule has 0 spiro atoms. The first-order chi connectivity index (χ1) is 9.08. The van der Waals surface area contributed by atoms with Crippen LogP contribution in [-0.4, -0.2) is 5.38 Å². The number of allylic oxidation sites excluding steroid dienone is 2. The summed E-state index contributed by atoms with van der Waals surface area (Å²) < 4.78 is 51.2. The number of hydrogen-bond donors (Lipinski definition) is 0. The first-order valence-electron chi connectivity index (χ1n) is 6.30. The lowest BCUT2D eigenvalue weighted by Crippen LogP contribution is -2.21. The van der Waals surface area contributed by atoms with E-state index in [2.05, 4.69) is 0 Å². The van der Waals surface area contributed by atoms with Crippen LogP contribution in [0.15, 0.2) is 24.3 Å². The van der Waals surface area contributed by atoms with E-state index >= 15 is 0 Å². The van der Waals surface area contributed by atoms with Gasteiger partial charge in [-0.25, -0.2) is 4.39 Å². The highest BCUT2D eigenvalue weighted by Gasteiger charge is 2.34. The fraction of sp³-hybridized carbons (Fsp3) is 0.467.